The van der Waals surface area contributed by atoms with Gasteiger partial charge in [0.1, 0.15) is 0 Å². The van der Waals surface area contributed by atoms with Crippen LogP contribution in [-0.2, 0) is 6.54 Å². The number of anilines is 1. The van der Waals surface area contributed by atoms with Gasteiger partial charge in [-0.25, -0.2) is 4.98 Å². The van der Waals surface area contributed by atoms with E-state index in [0.717, 1.165) is 12.5 Å². The maximum atomic E-state index is 4.33. The zero-order valence-corrected chi connectivity index (χ0v) is 10.6. The molecule has 0 unspecified atom stereocenters. The topological polar surface area (TPSA) is 29.9 Å². The van der Waals surface area contributed by atoms with E-state index in [-0.39, 0.29) is 0 Å². The van der Waals surface area contributed by atoms with Crippen LogP contribution in [0.15, 0.2) is 36.7 Å². The van der Waals surface area contributed by atoms with Crippen LogP contribution in [0.25, 0.3) is 0 Å². The van der Waals surface area contributed by atoms with Crippen LogP contribution < -0.4 is 5.32 Å². The van der Waals surface area contributed by atoms with Gasteiger partial charge in [0.25, 0.3) is 0 Å². The van der Waals surface area contributed by atoms with Crippen LogP contribution in [0, 0.1) is 6.92 Å². The number of nitrogens with one attached hydrogen (secondary N) is 1. The maximum Gasteiger partial charge on any atom is 0.203 e. The van der Waals surface area contributed by atoms with Crippen molar-refractivity contribution in [2.45, 2.75) is 33.4 Å². The Labute approximate surface area is 103 Å². The highest BCUT2D eigenvalue weighted by Crippen LogP contribution is 2.13. The fourth-order valence-electron chi connectivity index (χ4n) is 1.87. The van der Waals surface area contributed by atoms with Gasteiger partial charge < -0.3 is 9.88 Å². The molecule has 2 rings (SSSR count). The molecule has 1 aromatic carbocycles. The fourth-order valence-corrected chi connectivity index (χ4v) is 1.87. The van der Waals surface area contributed by atoms with Crippen LogP contribution in [0.2, 0.25) is 0 Å². The number of rotatable bonds is 4. The van der Waals surface area contributed by atoms with Crippen molar-refractivity contribution < 1.29 is 0 Å². The summed E-state index contributed by atoms with van der Waals surface area (Å²) >= 11 is 0. The van der Waals surface area contributed by atoms with E-state index in [1.165, 1.54) is 11.1 Å². The Morgan fingerprint density at radius 2 is 2.18 bits per heavy atom. The number of benzene rings is 1. The third kappa shape index (κ3) is 2.87. The summed E-state index contributed by atoms with van der Waals surface area (Å²) in [4.78, 5) is 4.33. The van der Waals surface area contributed by atoms with E-state index in [9.17, 15) is 0 Å². The van der Waals surface area contributed by atoms with Crippen molar-refractivity contribution in [1.82, 2.24) is 9.55 Å². The van der Waals surface area contributed by atoms with Crippen molar-refractivity contribution in [3.05, 3.63) is 47.8 Å². The third-order valence-electron chi connectivity index (χ3n) is 2.76. The number of hydrogen-bond acceptors (Lipinski definition) is 2. The van der Waals surface area contributed by atoms with Gasteiger partial charge in [0.15, 0.2) is 0 Å². The Balaban J connectivity index is 2.05. The van der Waals surface area contributed by atoms with E-state index in [0.29, 0.717) is 6.04 Å². The summed E-state index contributed by atoms with van der Waals surface area (Å²) in [5.74, 6) is 0.932. The molecule has 90 valence electrons. The monoisotopic (exact) mass is 229 g/mol. The van der Waals surface area contributed by atoms with E-state index in [1.54, 1.807) is 0 Å². The Hall–Kier alpha value is -1.77. The van der Waals surface area contributed by atoms with Crippen molar-refractivity contribution in [2.75, 3.05) is 5.32 Å². The number of nitrogens with zero attached hydrogens (tertiary/aromatic N) is 2. The SMILES string of the molecule is Cc1cccc(CNc2nccn2C(C)C)c1. The van der Waals surface area contributed by atoms with E-state index in [4.69, 9.17) is 0 Å². The highest BCUT2D eigenvalue weighted by atomic mass is 15.2. The normalized spacial score (nSPS) is 10.8. The molecule has 0 spiro atoms. The van der Waals surface area contributed by atoms with Gasteiger partial charge in [-0.2, -0.15) is 0 Å². The molecule has 1 aromatic heterocycles. The molecule has 17 heavy (non-hydrogen) atoms. The first-order valence-electron chi connectivity index (χ1n) is 5.99. The number of aromatic nitrogens is 2. The molecule has 0 atom stereocenters. The van der Waals surface area contributed by atoms with Gasteiger partial charge >= 0.3 is 0 Å². The molecule has 3 heteroatoms. The molecule has 1 heterocycles. The van der Waals surface area contributed by atoms with Gasteiger partial charge in [-0.3, -0.25) is 0 Å². The second kappa shape index (κ2) is 5.04. The van der Waals surface area contributed by atoms with Crippen molar-refractivity contribution in [3.63, 3.8) is 0 Å². The lowest BCUT2D eigenvalue weighted by Gasteiger charge is -2.12. The average Bonchev–Trinajstić information content (AvgIpc) is 2.74. The standard InChI is InChI=1S/C14H19N3/c1-11(2)17-8-7-15-14(17)16-10-13-6-4-5-12(3)9-13/h4-9,11H,10H2,1-3H3,(H,15,16). The molecule has 2 aromatic rings. The third-order valence-corrected chi connectivity index (χ3v) is 2.76. The Morgan fingerprint density at radius 3 is 2.88 bits per heavy atom. The molecule has 0 radical (unpaired) electrons. The van der Waals surface area contributed by atoms with Gasteiger partial charge in [0.2, 0.25) is 5.95 Å². The second-order valence-corrected chi connectivity index (χ2v) is 4.59. The van der Waals surface area contributed by atoms with E-state index >= 15 is 0 Å². The summed E-state index contributed by atoms with van der Waals surface area (Å²) in [5.41, 5.74) is 2.57. The lowest BCUT2D eigenvalue weighted by molar-refractivity contribution is 0.604. The molecular formula is C14H19N3. The van der Waals surface area contributed by atoms with Crippen LogP contribution in [0.3, 0.4) is 0 Å². The molecule has 0 amide bonds. The molecule has 0 aliphatic carbocycles. The minimum absolute atomic E-state index is 0.428. The first kappa shape index (κ1) is 11.7. The predicted octanol–water partition coefficient (Wildman–Crippen LogP) is 3.38. The van der Waals surface area contributed by atoms with Crippen molar-refractivity contribution in [2.24, 2.45) is 0 Å². The maximum absolute atomic E-state index is 4.33. The van der Waals surface area contributed by atoms with Crippen molar-refractivity contribution in [3.8, 4) is 0 Å². The number of imidazole rings is 1. The smallest absolute Gasteiger partial charge is 0.203 e. The molecule has 0 bridgehead atoms. The van der Waals surface area contributed by atoms with E-state index in [1.807, 2.05) is 12.4 Å². The summed E-state index contributed by atoms with van der Waals surface area (Å²) in [7, 11) is 0. The van der Waals surface area contributed by atoms with Gasteiger partial charge in [-0.05, 0) is 26.3 Å². The average molecular weight is 229 g/mol. The molecular weight excluding hydrogens is 210 g/mol. The molecule has 0 fully saturated rings. The van der Waals surface area contributed by atoms with Gasteiger partial charge in [-0.1, -0.05) is 29.8 Å². The second-order valence-electron chi connectivity index (χ2n) is 4.59. The summed E-state index contributed by atoms with van der Waals surface area (Å²) in [5, 5.41) is 3.37. The zero-order chi connectivity index (χ0) is 12.3. The highest BCUT2D eigenvalue weighted by molar-refractivity contribution is 5.30. The van der Waals surface area contributed by atoms with Gasteiger partial charge in [0.05, 0.1) is 0 Å². The van der Waals surface area contributed by atoms with Crippen LogP contribution in [-0.4, -0.2) is 9.55 Å². The number of aryl methyl sites for hydroxylation is 1. The Kier molecular flexibility index (Phi) is 3.47. The largest absolute Gasteiger partial charge is 0.352 e. The Bertz CT molecular complexity index is 486. The summed E-state index contributed by atoms with van der Waals surface area (Å²) in [6.45, 7) is 7.23. The van der Waals surface area contributed by atoms with Crippen LogP contribution in [0.4, 0.5) is 5.95 Å². The molecule has 0 aliphatic rings. The fraction of sp³-hybridized carbons (Fsp3) is 0.357. The van der Waals surface area contributed by atoms with Gasteiger partial charge in [-0.15, -0.1) is 0 Å². The predicted molar refractivity (Wildman–Crippen MR) is 71.1 cm³/mol. The first-order valence-corrected chi connectivity index (χ1v) is 5.99. The highest BCUT2D eigenvalue weighted by Gasteiger charge is 2.04. The van der Waals surface area contributed by atoms with Crippen molar-refractivity contribution in [1.29, 1.82) is 0 Å². The molecule has 3 nitrogen and oxygen atoms in total. The summed E-state index contributed by atoms with van der Waals surface area (Å²) in [6.07, 6.45) is 3.84. The number of hydrogen-bond donors (Lipinski definition) is 1. The summed E-state index contributed by atoms with van der Waals surface area (Å²) < 4.78 is 2.13. The van der Waals surface area contributed by atoms with E-state index in [2.05, 4.69) is 59.9 Å². The van der Waals surface area contributed by atoms with Crippen LogP contribution >= 0.6 is 0 Å². The molecule has 0 saturated carbocycles. The zero-order valence-electron chi connectivity index (χ0n) is 10.6. The minimum atomic E-state index is 0.428. The molecule has 0 saturated heterocycles. The molecule has 1 N–H and O–H groups in total. The van der Waals surface area contributed by atoms with Crippen LogP contribution in [0.1, 0.15) is 31.0 Å². The first-order chi connectivity index (χ1) is 8.16. The van der Waals surface area contributed by atoms with Crippen LogP contribution in [0.5, 0.6) is 0 Å². The lowest BCUT2D eigenvalue weighted by atomic mass is 10.1. The minimum Gasteiger partial charge on any atom is -0.352 e. The quantitative estimate of drug-likeness (QED) is 0.871. The van der Waals surface area contributed by atoms with Gasteiger partial charge in [0, 0.05) is 25.0 Å². The summed E-state index contributed by atoms with van der Waals surface area (Å²) in [6, 6.07) is 8.94. The van der Waals surface area contributed by atoms with E-state index < -0.39 is 0 Å². The lowest BCUT2D eigenvalue weighted by Crippen LogP contribution is -2.08. The van der Waals surface area contributed by atoms with Crippen molar-refractivity contribution >= 4 is 5.95 Å². The Morgan fingerprint density at radius 1 is 1.35 bits per heavy atom. The molecule has 0 aliphatic heterocycles.